The Hall–Kier alpha value is -1.26. The van der Waals surface area contributed by atoms with Crippen LogP contribution < -0.4 is 16.2 Å². The monoisotopic (exact) mass is 198 g/mol. The van der Waals surface area contributed by atoms with Gasteiger partial charge in [-0.3, -0.25) is 4.99 Å². The Labute approximate surface area is 83.4 Å². The lowest BCUT2D eigenvalue weighted by atomic mass is 9.84. The Kier molecular flexibility index (Phi) is 3.73. The lowest BCUT2D eigenvalue weighted by molar-refractivity contribution is -0.313. The summed E-state index contributed by atoms with van der Waals surface area (Å²) in [6.45, 7) is 0. The molecule has 80 valence electrons. The highest BCUT2D eigenvalue weighted by Gasteiger charge is 2.26. The number of carboxylic acids is 1. The number of hydrogen-bond donors (Lipinski definition) is 2. The summed E-state index contributed by atoms with van der Waals surface area (Å²) in [7, 11) is 1.57. The molecule has 1 saturated carbocycles. The van der Waals surface area contributed by atoms with Crippen molar-refractivity contribution < 1.29 is 9.90 Å². The molecule has 5 nitrogen and oxygen atoms in total. The lowest BCUT2D eigenvalue weighted by Crippen LogP contribution is -2.51. The Balaban J connectivity index is 2.58. The molecule has 0 bridgehead atoms. The van der Waals surface area contributed by atoms with E-state index in [1.807, 2.05) is 0 Å². The first kappa shape index (κ1) is 10.8. The van der Waals surface area contributed by atoms with Crippen molar-refractivity contribution in [1.29, 1.82) is 0 Å². The molecule has 2 atom stereocenters. The Morgan fingerprint density at radius 1 is 1.50 bits per heavy atom. The van der Waals surface area contributed by atoms with E-state index in [2.05, 4.69) is 10.3 Å². The lowest BCUT2D eigenvalue weighted by Gasteiger charge is -2.32. The average molecular weight is 198 g/mol. The van der Waals surface area contributed by atoms with Crippen molar-refractivity contribution in [3.05, 3.63) is 0 Å². The van der Waals surface area contributed by atoms with Gasteiger partial charge in [-0.1, -0.05) is 12.8 Å². The van der Waals surface area contributed by atoms with Gasteiger partial charge in [-0.25, -0.2) is 0 Å². The van der Waals surface area contributed by atoms with E-state index in [0.29, 0.717) is 12.4 Å². The summed E-state index contributed by atoms with van der Waals surface area (Å²) < 4.78 is 0. The Morgan fingerprint density at radius 2 is 2.14 bits per heavy atom. The quantitative estimate of drug-likeness (QED) is 0.432. The maximum atomic E-state index is 10.8. The number of nitrogens with zero attached hydrogens (tertiary/aromatic N) is 1. The van der Waals surface area contributed by atoms with Crippen molar-refractivity contribution in [2.24, 2.45) is 16.6 Å². The molecule has 1 aliphatic carbocycles. The number of carbonyl (C=O) groups is 1. The van der Waals surface area contributed by atoms with E-state index >= 15 is 0 Å². The fourth-order valence-electron chi connectivity index (χ4n) is 1.84. The minimum atomic E-state index is -0.994. The number of aliphatic carboxylic acids is 1. The van der Waals surface area contributed by atoms with Crippen molar-refractivity contribution >= 4 is 11.9 Å². The van der Waals surface area contributed by atoms with Crippen molar-refractivity contribution in [2.75, 3.05) is 7.05 Å². The van der Waals surface area contributed by atoms with Gasteiger partial charge in [0.1, 0.15) is 0 Å². The summed E-state index contributed by atoms with van der Waals surface area (Å²) >= 11 is 0. The van der Waals surface area contributed by atoms with E-state index in [4.69, 9.17) is 5.73 Å². The van der Waals surface area contributed by atoms with Crippen molar-refractivity contribution in [1.82, 2.24) is 5.32 Å². The van der Waals surface area contributed by atoms with E-state index in [1.54, 1.807) is 7.05 Å². The van der Waals surface area contributed by atoms with Crippen LogP contribution in [0.1, 0.15) is 25.7 Å². The first-order chi connectivity index (χ1) is 6.65. The molecule has 5 heteroatoms. The van der Waals surface area contributed by atoms with Crippen LogP contribution in [0.5, 0.6) is 0 Å². The molecule has 0 spiro atoms. The Bertz CT molecular complexity index is 240. The van der Waals surface area contributed by atoms with Crippen molar-refractivity contribution in [3.63, 3.8) is 0 Å². The smallest absolute Gasteiger partial charge is 0.188 e. The molecule has 0 aromatic rings. The van der Waals surface area contributed by atoms with Crippen LogP contribution in [0.15, 0.2) is 4.99 Å². The number of guanidine groups is 1. The molecule has 2 unspecified atom stereocenters. The highest BCUT2D eigenvalue weighted by Crippen LogP contribution is 2.23. The van der Waals surface area contributed by atoms with Crippen LogP contribution in [-0.2, 0) is 4.79 Å². The zero-order chi connectivity index (χ0) is 10.6. The minimum Gasteiger partial charge on any atom is -0.550 e. The maximum Gasteiger partial charge on any atom is 0.188 e. The third kappa shape index (κ3) is 2.61. The average Bonchev–Trinajstić information content (AvgIpc) is 2.18. The highest BCUT2D eigenvalue weighted by atomic mass is 16.4. The van der Waals surface area contributed by atoms with Gasteiger partial charge in [0.05, 0.1) is 0 Å². The van der Waals surface area contributed by atoms with Gasteiger partial charge in [0.2, 0.25) is 0 Å². The number of nitrogens with two attached hydrogens (primary N) is 1. The largest absolute Gasteiger partial charge is 0.550 e. The summed E-state index contributed by atoms with van der Waals surface area (Å²) in [5, 5.41) is 13.7. The summed E-state index contributed by atoms with van der Waals surface area (Å²) in [5.41, 5.74) is 5.49. The number of nitrogens with one attached hydrogen (secondary N) is 1. The van der Waals surface area contributed by atoms with Gasteiger partial charge in [0, 0.05) is 25.0 Å². The molecule has 14 heavy (non-hydrogen) atoms. The van der Waals surface area contributed by atoms with Gasteiger partial charge in [-0.05, 0) is 12.8 Å². The van der Waals surface area contributed by atoms with Crippen molar-refractivity contribution in [2.45, 2.75) is 31.7 Å². The third-order valence-corrected chi connectivity index (χ3v) is 2.64. The number of rotatable bonds is 2. The topological polar surface area (TPSA) is 90.5 Å². The zero-order valence-corrected chi connectivity index (χ0v) is 8.32. The Morgan fingerprint density at radius 3 is 2.71 bits per heavy atom. The second-order valence-corrected chi connectivity index (χ2v) is 3.57. The molecule has 0 heterocycles. The predicted molar refractivity (Wildman–Crippen MR) is 51.4 cm³/mol. The number of carbonyl (C=O) groups excluding carboxylic acids is 1. The van der Waals surface area contributed by atoms with Gasteiger partial charge < -0.3 is 21.0 Å². The molecule has 3 N–H and O–H groups in total. The van der Waals surface area contributed by atoms with Crippen LogP contribution >= 0.6 is 0 Å². The summed E-state index contributed by atoms with van der Waals surface area (Å²) in [5.74, 6) is -1.14. The second-order valence-electron chi connectivity index (χ2n) is 3.57. The zero-order valence-electron chi connectivity index (χ0n) is 8.32. The molecule has 1 aliphatic rings. The molecule has 0 radical (unpaired) electrons. The van der Waals surface area contributed by atoms with Crippen LogP contribution in [0.4, 0.5) is 0 Å². The standard InChI is InChI=1S/C9H17N3O2/c1-11-9(10)12-7-5-3-2-4-6(7)8(13)14/h6-7H,2-5H2,1H3,(H,13,14)(H3,10,11,12)/p-1. The van der Waals surface area contributed by atoms with Gasteiger partial charge in [0.25, 0.3) is 0 Å². The highest BCUT2D eigenvalue weighted by molar-refractivity contribution is 5.79. The molecular weight excluding hydrogens is 182 g/mol. The number of aliphatic imine (C=N–C) groups is 1. The number of carboxylic acid groups (broad SMARTS) is 1. The van der Waals surface area contributed by atoms with E-state index in [1.165, 1.54) is 0 Å². The molecule has 0 aromatic carbocycles. The van der Waals surface area contributed by atoms with E-state index in [9.17, 15) is 9.90 Å². The van der Waals surface area contributed by atoms with Gasteiger partial charge in [-0.2, -0.15) is 0 Å². The molecular formula is C9H16N3O2-. The van der Waals surface area contributed by atoms with Crippen LogP contribution in [0.25, 0.3) is 0 Å². The third-order valence-electron chi connectivity index (χ3n) is 2.64. The van der Waals surface area contributed by atoms with Gasteiger partial charge in [-0.15, -0.1) is 0 Å². The summed E-state index contributed by atoms with van der Waals surface area (Å²) in [6, 6.07) is -0.127. The fourth-order valence-corrected chi connectivity index (χ4v) is 1.84. The second kappa shape index (κ2) is 4.83. The van der Waals surface area contributed by atoms with Crippen LogP contribution in [-0.4, -0.2) is 25.0 Å². The normalized spacial score (nSPS) is 28.5. The molecule has 1 fully saturated rings. The predicted octanol–water partition coefficient (Wildman–Crippen LogP) is -1.17. The number of hydrogen-bond acceptors (Lipinski definition) is 3. The summed E-state index contributed by atoms with van der Waals surface area (Å²) in [6.07, 6.45) is 3.45. The maximum absolute atomic E-state index is 10.8. The molecule has 0 amide bonds. The minimum absolute atomic E-state index is 0.127. The van der Waals surface area contributed by atoms with E-state index < -0.39 is 11.9 Å². The van der Waals surface area contributed by atoms with Crippen LogP contribution in [0, 0.1) is 5.92 Å². The molecule has 0 aromatic heterocycles. The van der Waals surface area contributed by atoms with E-state index in [0.717, 1.165) is 19.3 Å². The van der Waals surface area contributed by atoms with Gasteiger partial charge in [0.15, 0.2) is 5.96 Å². The fraction of sp³-hybridized carbons (Fsp3) is 0.778. The summed E-state index contributed by atoms with van der Waals surface area (Å²) in [4.78, 5) is 14.5. The molecule has 0 saturated heterocycles. The SMILES string of the molecule is CN=C(N)NC1CCCCC1C(=O)[O-]. The first-order valence-corrected chi connectivity index (χ1v) is 4.84. The van der Waals surface area contributed by atoms with Gasteiger partial charge >= 0.3 is 0 Å². The van der Waals surface area contributed by atoms with Crippen molar-refractivity contribution in [3.8, 4) is 0 Å². The van der Waals surface area contributed by atoms with Crippen LogP contribution in [0.3, 0.4) is 0 Å². The van der Waals surface area contributed by atoms with E-state index in [-0.39, 0.29) is 6.04 Å². The van der Waals surface area contributed by atoms with Crippen LogP contribution in [0.2, 0.25) is 0 Å². The molecule has 1 rings (SSSR count). The first-order valence-electron chi connectivity index (χ1n) is 4.84. The molecule has 0 aliphatic heterocycles.